The molecule has 0 bridgehead atoms. The van der Waals surface area contributed by atoms with Crippen molar-refractivity contribution in [2.24, 2.45) is 0 Å². The van der Waals surface area contributed by atoms with Crippen LogP contribution in [0.25, 0.3) is 5.69 Å². The Hall–Kier alpha value is -1.62. The minimum absolute atomic E-state index is 0.0364. The maximum absolute atomic E-state index is 11.2. The number of nitrogens with two attached hydrogens (primary N) is 1. The lowest BCUT2D eigenvalue weighted by Crippen LogP contribution is -2.02. The van der Waals surface area contributed by atoms with Crippen LogP contribution in [0.15, 0.2) is 35.1 Å². The molecule has 5 heteroatoms. The fourth-order valence-electron chi connectivity index (χ4n) is 1.46. The lowest BCUT2D eigenvalue weighted by Gasteiger charge is -2.05. The molecule has 0 atom stereocenters. The van der Waals surface area contributed by atoms with Crippen molar-refractivity contribution in [3.8, 4) is 5.69 Å². The van der Waals surface area contributed by atoms with Gasteiger partial charge >= 0.3 is 0 Å². The van der Waals surface area contributed by atoms with Crippen LogP contribution in [0.1, 0.15) is 17.3 Å². The minimum atomic E-state index is -0.0364. The molecule has 0 aliphatic rings. The van der Waals surface area contributed by atoms with Gasteiger partial charge < -0.3 is 5.73 Å². The molecule has 0 fully saturated rings. The third-order valence-electron chi connectivity index (χ3n) is 2.23. The van der Waals surface area contributed by atoms with E-state index in [9.17, 15) is 4.79 Å². The minimum Gasteiger partial charge on any atom is -0.398 e. The fraction of sp³-hybridized carbons (Fsp3) is 0.0909. The number of ketones is 1. The summed E-state index contributed by atoms with van der Waals surface area (Å²) in [6.07, 6.45) is 3.51. The fourth-order valence-corrected chi connectivity index (χ4v) is 1.74. The monoisotopic (exact) mass is 279 g/mol. The lowest BCUT2D eigenvalue weighted by atomic mass is 10.1. The highest BCUT2D eigenvalue weighted by atomic mass is 79.9. The van der Waals surface area contributed by atoms with E-state index < -0.39 is 0 Å². The molecule has 16 heavy (non-hydrogen) atoms. The molecule has 2 aromatic rings. The van der Waals surface area contributed by atoms with Gasteiger partial charge in [-0.2, -0.15) is 5.10 Å². The predicted molar refractivity (Wildman–Crippen MR) is 65.7 cm³/mol. The average molecular weight is 280 g/mol. The summed E-state index contributed by atoms with van der Waals surface area (Å²) in [5.41, 5.74) is 7.63. The van der Waals surface area contributed by atoms with Gasteiger partial charge in [0.25, 0.3) is 0 Å². The predicted octanol–water partition coefficient (Wildman–Crippen LogP) is 2.42. The summed E-state index contributed by atoms with van der Waals surface area (Å²) >= 11 is 3.32. The van der Waals surface area contributed by atoms with Crippen molar-refractivity contribution in [1.29, 1.82) is 0 Å². The molecule has 0 amide bonds. The number of halogens is 1. The number of anilines is 1. The summed E-state index contributed by atoms with van der Waals surface area (Å²) in [6, 6.07) is 5.26. The van der Waals surface area contributed by atoms with Crippen LogP contribution < -0.4 is 5.73 Å². The summed E-state index contributed by atoms with van der Waals surface area (Å²) in [5, 5.41) is 4.13. The van der Waals surface area contributed by atoms with E-state index in [1.807, 2.05) is 12.3 Å². The second-order valence-electron chi connectivity index (χ2n) is 3.43. The molecule has 0 spiro atoms. The second kappa shape index (κ2) is 4.09. The Labute approximate surface area is 101 Å². The Morgan fingerprint density at radius 1 is 1.50 bits per heavy atom. The van der Waals surface area contributed by atoms with Gasteiger partial charge in [0.05, 0.1) is 16.4 Å². The average Bonchev–Trinajstić information content (AvgIpc) is 2.64. The van der Waals surface area contributed by atoms with E-state index in [0.29, 0.717) is 11.3 Å². The molecular weight excluding hydrogens is 270 g/mol. The Kier molecular flexibility index (Phi) is 2.78. The SMILES string of the molecule is CC(=O)c1ccc(-n2cc(Br)cn2)cc1N. The molecule has 0 saturated carbocycles. The van der Waals surface area contributed by atoms with Crippen LogP contribution in [0.5, 0.6) is 0 Å². The number of rotatable bonds is 2. The molecule has 2 N–H and O–H groups in total. The zero-order chi connectivity index (χ0) is 11.7. The summed E-state index contributed by atoms with van der Waals surface area (Å²) < 4.78 is 2.58. The van der Waals surface area contributed by atoms with Crippen molar-refractivity contribution in [2.75, 3.05) is 5.73 Å². The van der Waals surface area contributed by atoms with Gasteiger partial charge in [-0.05, 0) is 41.1 Å². The first-order chi connectivity index (χ1) is 7.58. The Bertz CT molecular complexity index is 548. The number of nitrogen functional groups attached to an aromatic ring is 1. The first kappa shape index (κ1) is 10.9. The first-order valence-electron chi connectivity index (χ1n) is 4.69. The Morgan fingerprint density at radius 2 is 2.25 bits per heavy atom. The third kappa shape index (κ3) is 1.99. The van der Waals surface area contributed by atoms with E-state index in [1.165, 1.54) is 6.92 Å². The van der Waals surface area contributed by atoms with Crippen LogP contribution in [0, 0.1) is 0 Å². The largest absolute Gasteiger partial charge is 0.398 e. The highest BCUT2D eigenvalue weighted by molar-refractivity contribution is 9.10. The molecule has 0 aliphatic carbocycles. The summed E-state index contributed by atoms with van der Waals surface area (Å²) in [6.45, 7) is 1.50. The zero-order valence-corrected chi connectivity index (χ0v) is 10.2. The Balaban J connectivity index is 2.45. The number of carbonyl (C=O) groups is 1. The smallest absolute Gasteiger partial charge is 0.161 e. The van der Waals surface area contributed by atoms with Gasteiger partial charge in [0.2, 0.25) is 0 Å². The van der Waals surface area contributed by atoms with E-state index >= 15 is 0 Å². The van der Waals surface area contributed by atoms with Gasteiger partial charge in [-0.15, -0.1) is 0 Å². The molecule has 0 radical (unpaired) electrons. The van der Waals surface area contributed by atoms with Gasteiger partial charge in [0, 0.05) is 17.4 Å². The van der Waals surface area contributed by atoms with Crippen molar-refractivity contribution in [3.05, 3.63) is 40.6 Å². The van der Waals surface area contributed by atoms with E-state index in [0.717, 1.165) is 10.2 Å². The number of nitrogens with zero attached hydrogens (tertiary/aromatic N) is 2. The summed E-state index contributed by atoms with van der Waals surface area (Å²) in [5.74, 6) is -0.0364. The molecule has 0 aliphatic heterocycles. The van der Waals surface area contributed by atoms with Gasteiger partial charge in [-0.25, -0.2) is 4.68 Å². The van der Waals surface area contributed by atoms with E-state index in [1.54, 1.807) is 23.0 Å². The topological polar surface area (TPSA) is 60.9 Å². The van der Waals surface area contributed by atoms with Crippen LogP contribution in [-0.4, -0.2) is 15.6 Å². The molecule has 82 valence electrons. The van der Waals surface area contributed by atoms with Crippen molar-refractivity contribution in [3.63, 3.8) is 0 Å². The van der Waals surface area contributed by atoms with Crippen LogP contribution in [-0.2, 0) is 0 Å². The van der Waals surface area contributed by atoms with Gasteiger partial charge in [-0.1, -0.05) is 0 Å². The third-order valence-corrected chi connectivity index (χ3v) is 2.64. The maximum Gasteiger partial charge on any atom is 0.161 e. The first-order valence-corrected chi connectivity index (χ1v) is 5.48. The van der Waals surface area contributed by atoms with E-state index in [2.05, 4.69) is 21.0 Å². The quantitative estimate of drug-likeness (QED) is 0.678. The number of carbonyl (C=O) groups excluding carboxylic acids is 1. The molecule has 4 nitrogen and oxygen atoms in total. The molecular formula is C11H10BrN3O. The van der Waals surface area contributed by atoms with E-state index in [-0.39, 0.29) is 5.78 Å². The highest BCUT2D eigenvalue weighted by Crippen LogP contribution is 2.18. The van der Waals surface area contributed by atoms with Crippen molar-refractivity contribution < 1.29 is 4.79 Å². The van der Waals surface area contributed by atoms with Crippen LogP contribution in [0.2, 0.25) is 0 Å². The summed E-state index contributed by atoms with van der Waals surface area (Å²) in [4.78, 5) is 11.2. The molecule has 1 aromatic heterocycles. The number of hydrogen-bond donors (Lipinski definition) is 1. The standard InChI is InChI=1S/C11H10BrN3O/c1-7(16)10-3-2-9(4-11(10)13)15-6-8(12)5-14-15/h2-6H,13H2,1H3. The van der Waals surface area contributed by atoms with Crippen molar-refractivity contribution in [1.82, 2.24) is 9.78 Å². The van der Waals surface area contributed by atoms with Crippen molar-refractivity contribution in [2.45, 2.75) is 6.92 Å². The number of hydrogen-bond acceptors (Lipinski definition) is 3. The molecule has 0 saturated heterocycles. The molecule has 1 aromatic carbocycles. The highest BCUT2D eigenvalue weighted by Gasteiger charge is 2.06. The normalized spacial score (nSPS) is 10.4. The number of Topliss-reactive ketones (excluding diaryl/α,β-unsaturated/α-hetero) is 1. The number of aromatic nitrogens is 2. The second-order valence-corrected chi connectivity index (χ2v) is 4.35. The maximum atomic E-state index is 11.2. The van der Waals surface area contributed by atoms with Crippen LogP contribution in [0.3, 0.4) is 0 Å². The van der Waals surface area contributed by atoms with Gasteiger partial charge in [-0.3, -0.25) is 4.79 Å². The number of benzene rings is 1. The zero-order valence-electron chi connectivity index (χ0n) is 8.64. The molecule has 0 unspecified atom stereocenters. The van der Waals surface area contributed by atoms with E-state index in [4.69, 9.17) is 5.73 Å². The summed E-state index contributed by atoms with van der Waals surface area (Å²) in [7, 11) is 0. The van der Waals surface area contributed by atoms with Crippen LogP contribution in [0.4, 0.5) is 5.69 Å². The lowest BCUT2D eigenvalue weighted by molar-refractivity contribution is 0.101. The molecule has 2 rings (SSSR count). The molecule has 1 heterocycles. The van der Waals surface area contributed by atoms with Crippen LogP contribution >= 0.6 is 15.9 Å². The van der Waals surface area contributed by atoms with Gasteiger partial charge in [0.1, 0.15) is 0 Å². The Morgan fingerprint density at radius 3 is 2.75 bits per heavy atom. The van der Waals surface area contributed by atoms with Crippen molar-refractivity contribution >= 4 is 27.4 Å². The van der Waals surface area contributed by atoms with Gasteiger partial charge in [0.15, 0.2) is 5.78 Å².